The van der Waals surface area contributed by atoms with E-state index in [0.717, 1.165) is 13.1 Å². The van der Waals surface area contributed by atoms with Crippen molar-refractivity contribution in [1.82, 2.24) is 9.88 Å². The summed E-state index contributed by atoms with van der Waals surface area (Å²) in [5.74, 6) is 0.702. The van der Waals surface area contributed by atoms with Crippen LogP contribution in [-0.4, -0.2) is 29.0 Å². The lowest BCUT2D eigenvalue weighted by Gasteiger charge is -2.43. The fourth-order valence-corrected chi connectivity index (χ4v) is 2.94. The number of aromatic nitrogens is 1. The topological polar surface area (TPSA) is 42.2 Å². The molecular weight excluding hydrogens is 210 g/mol. The van der Waals surface area contributed by atoms with Crippen molar-refractivity contribution in [2.45, 2.75) is 38.8 Å². The van der Waals surface area contributed by atoms with Gasteiger partial charge >= 0.3 is 0 Å². The van der Waals surface area contributed by atoms with Gasteiger partial charge < -0.3 is 5.73 Å². The molecule has 0 bridgehead atoms. The highest BCUT2D eigenvalue weighted by atomic mass is 15.2. The van der Waals surface area contributed by atoms with Gasteiger partial charge in [0.05, 0.1) is 0 Å². The first-order valence-corrected chi connectivity index (χ1v) is 6.59. The Morgan fingerprint density at radius 2 is 2.41 bits per heavy atom. The Hall–Kier alpha value is -0.930. The Morgan fingerprint density at radius 3 is 3.06 bits per heavy atom. The number of nitrogens with two attached hydrogens (primary N) is 1. The van der Waals surface area contributed by atoms with E-state index in [2.05, 4.69) is 29.8 Å². The molecule has 3 heteroatoms. The number of pyridine rings is 1. The molecular formula is C14H23N3. The van der Waals surface area contributed by atoms with Crippen molar-refractivity contribution >= 4 is 0 Å². The molecule has 3 atom stereocenters. The van der Waals surface area contributed by atoms with Gasteiger partial charge in [0.25, 0.3) is 0 Å². The predicted octanol–water partition coefficient (Wildman–Crippen LogP) is 2.20. The van der Waals surface area contributed by atoms with Gasteiger partial charge in [-0.15, -0.1) is 0 Å². The van der Waals surface area contributed by atoms with E-state index in [4.69, 9.17) is 5.73 Å². The first-order valence-electron chi connectivity index (χ1n) is 6.59. The molecule has 2 rings (SSSR count). The van der Waals surface area contributed by atoms with Crippen LogP contribution in [0.15, 0.2) is 24.5 Å². The molecule has 1 fully saturated rings. The molecule has 1 aromatic heterocycles. The summed E-state index contributed by atoms with van der Waals surface area (Å²) >= 11 is 0. The Kier molecular flexibility index (Phi) is 4.13. The number of hydrogen-bond acceptors (Lipinski definition) is 3. The van der Waals surface area contributed by atoms with Crippen molar-refractivity contribution in [2.75, 3.05) is 13.1 Å². The molecule has 94 valence electrons. The summed E-state index contributed by atoms with van der Waals surface area (Å²) in [7, 11) is 0. The maximum atomic E-state index is 5.94. The molecule has 2 heterocycles. The van der Waals surface area contributed by atoms with E-state index in [1.807, 2.05) is 18.5 Å². The predicted molar refractivity (Wildman–Crippen MR) is 70.6 cm³/mol. The lowest BCUT2D eigenvalue weighted by molar-refractivity contribution is 0.0688. The minimum absolute atomic E-state index is 0.417. The van der Waals surface area contributed by atoms with Crippen LogP contribution in [0.5, 0.6) is 0 Å². The third-order valence-corrected chi connectivity index (χ3v) is 4.06. The van der Waals surface area contributed by atoms with E-state index in [9.17, 15) is 0 Å². The highest BCUT2D eigenvalue weighted by Crippen LogP contribution is 2.30. The molecule has 0 aromatic carbocycles. The zero-order valence-electron chi connectivity index (χ0n) is 10.8. The maximum Gasteiger partial charge on any atom is 0.0338 e. The van der Waals surface area contributed by atoms with E-state index < -0.39 is 0 Å². The summed E-state index contributed by atoms with van der Waals surface area (Å²) in [6, 6.07) is 5.10. The maximum absolute atomic E-state index is 5.94. The SMILES string of the molecule is CC1CCCN(C(C)c2cccnc2)C1CN. The fraction of sp³-hybridized carbons (Fsp3) is 0.643. The van der Waals surface area contributed by atoms with Crippen LogP contribution in [0.2, 0.25) is 0 Å². The van der Waals surface area contributed by atoms with Crippen LogP contribution in [0.25, 0.3) is 0 Å². The van der Waals surface area contributed by atoms with Crippen LogP contribution >= 0.6 is 0 Å². The third-order valence-electron chi connectivity index (χ3n) is 4.06. The van der Waals surface area contributed by atoms with Gasteiger partial charge in [-0.25, -0.2) is 0 Å². The minimum Gasteiger partial charge on any atom is -0.329 e. The van der Waals surface area contributed by atoms with Crippen molar-refractivity contribution in [3.05, 3.63) is 30.1 Å². The third kappa shape index (κ3) is 2.67. The number of likely N-dealkylation sites (tertiary alicyclic amines) is 1. The van der Waals surface area contributed by atoms with Crippen LogP contribution in [-0.2, 0) is 0 Å². The van der Waals surface area contributed by atoms with Crippen molar-refractivity contribution in [1.29, 1.82) is 0 Å². The smallest absolute Gasteiger partial charge is 0.0338 e. The van der Waals surface area contributed by atoms with Gasteiger partial charge in [0, 0.05) is 31.0 Å². The van der Waals surface area contributed by atoms with E-state index in [0.29, 0.717) is 18.0 Å². The van der Waals surface area contributed by atoms with Crippen LogP contribution in [0.3, 0.4) is 0 Å². The molecule has 0 saturated carbocycles. The summed E-state index contributed by atoms with van der Waals surface area (Å²) in [6.45, 7) is 6.49. The second-order valence-electron chi connectivity index (χ2n) is 5.12. The Balaban J connectivity index is 2.15. The molecule has 3 nitrogen and oxygen atoms in total. The fourth-order valence-electron chi connectivity index (χ4n) is 2.94. The van der Waals surface area contributed by atoms with Crippen LogP contribution in [0.1, 0.15) is 38.3 Å². The monoisotopic (exact) mass is 233 g/mol. The summed E-state index contributed by atoms with van der Waals surface area (Å²) < 4.78 is 0. The lowest BCUT2D eigenvalue weighted by atomic mass is 9.89. The van der Waals surface area contributed by atoms with Crippen molar-refractivity contribution in [3.63, 3.8) is 0 Å². The molecule has 0 aliphatic carbocycles. The lowest BCUT2D eigenvalue weighted by Crippen LogP contribution is -2.49. The average Bonchev–Trinajstić information content (AvgIpc) is 2.38. The largest absolute Gasteiger partial charge is 0.329 e. The highest BCUT2D eigenvalue weighted by Gasteiger charge is 2.30. The van der Waals surface area contributed by atoms with Crippen LogP contribution in [0.4, 0.5) is 0 Å². The van der Waals surface area contributed by atoms with Gasteiger partial charge in [-0.3, -0.25) is 9.88 Å². The average molecular weight is 233 g/mol. The molecule has 0 spiro atoms. The Bertz CT molecular complexity index is 339. The van der Waals surface area contributed by atoms with Gasteiger partial charge in [-0.1, -0.05) is 13.0 Å². The minimum atomic E-state index is 0.417. The highest BCUT2D eigenvalue weighted by molar-refractivity contribution is 5.14. The first kappa shape index (κ1) is 12.5. The zero-order valence-corrected chi connectivity index (χ0v) is 10.8. The molecule has 0 radical (unpaired) electrons. The van der Waals surface area contributed by atoms with E-state index in [1.54, 1.807) is 0 Å². The summed E-state index contributed by atoms with van der Waals surface area (Å²) in [4.78, 5) is 6.76. The first-order chi connectivity index (χ1) is 8.24. The van der Waals surface area contributed by atoms with Crippen molar-refractivity contribution in [3.8, 4) is 0 Å². The quantitative estimate of drug-likeness (QED) is 0.870. The van der Waals surface area contributed by atoms with Gasteiger partial charge in [0.1, 0.15) is 0 Å². The molecule has 2 N–H and O–H groups in total. The van der Waals surface area contributed by atoms with Gasteiger partial charge in [-0.2, -0.15) is 0 Å². The van der Waals surface area contributed by atoms with Crippen LogP contribution in [0, 0.1) is 5.92 Å². The van der Waals surface area contributed by atoms with Crippen molar-refractivity contribution < 1.29 is 0 Å². The molecule has 1 aromatic rings. The zero-order chi connectivity index (χ0) is 12.3. The van der Waals surface area contributed by atoms with Crippen molar-refractivity contribution in [2.24, 2.45) is 11.7 Å². The molecule has 0 amide bonds. The molecule has 1 aliphatic heterocycles. The summed E-state index contributed by atoms with van der Waals surface area (Å²) in [5, 5.41) is 0. The van der Waals surface area contributed by atoms with Gasteiger partial charge in [0.2, 0.25) is 0 Å². The Morgan fingerprint density at radius 1 is 1.59 bits per heavy atom. The second-order valence-corrected chi connectivity index (χ2v) is 5.12. The normalized spacial score (nSPS) is 27.9. The van der Waals surface area contributed by atoms with Gasteiger partial charge in [-0.05, 0) is 43.9 Å². The second kappa shape index (κ2) is 5.61. The summed E-state index contributed by atoms with van der Waals surface area (Å²) in [6.07, 6.45) is 6.38. The number of nitrogens with zero attached hydrogens (tertiary/aromatic N) is 2. The number of hydrogen-bond donors (Lipinski definition) is 1. The number of piperidine rings is 1. The molecule has 17 heavy (non-hydrogen) atoms. The van der Waals surface area contributed by atoms with Gasteiger partial charge in [0.15, 0.2) is 0 Å². The van der Waals surface area contributed by atoms with E-state index in [-0.39, 0.29) is 0 Å². The molecule has 1 aliphatic rings. The summed E-state index contributed by atoms with van der Waals surface area (Å²) in [5.41, 5.74) is 7.23. The van der Waals surface area contributed by atoms with Crippen LogP contribution < -0.4 is 5.73 Å². The molecule has 3 unspecified atom stereocenters. The van der Waals surface area contributed by atoms with E-state index in [1.165, 1.54) is 18.4 Å². The molecule has 1 saturated heterocycles. The van der Waals surface area contributed by atoms with E-state index >= 15 is 0 Å². The standard InChI is InChI=1S/C14H23N3/c1-11-5-4-8-17(14(11)9-15)12(2)13-6-3-7-16-10-13/h3,6-7,10-12,14H,4-5,8-9,15H2,1-2H3. The Labute approximate surface area is 104 Å². The number of rotatable bonds is 3.